The van der Waals surface area contributed by atoms with Gasteiger partial charge >= 0.3 is 0 Å². The summed E-state index contributed by atoms with van der Waals surface area (Å²) in [5.74, 6) is 0.200. The number of amides is 1. The lowest BCUT2D eigenvalue weighted by Crippen LogP contribution is -2.31. The Bertz CT molecular complexity index is 904. The molecule has 0 spiro atoms. The molecule has 7 nitrogen and oxygen atoms in total. The molecule has 126 valence electrons. The van der Waals surface area contributed by atoms with Crippen molar-refractivity contribution in [2.24, 2.45) is 0 Å². The Morgan fingerprint density at radius 2 is 1.92 bits per heavy atom. The van der Waals surface area contributed by atoms with Gasteiger partial charge in [-0.05, 0) is 24.3 Å². The molecule has 3 aromatic rings. The summed E-state index contributed by atoms with van der Waals surface area (Å²) in [7, 11) is 1.57. The van der Waals surface area contributed by atoms with Crippen LogP contribution in [0.2, 0.25) is 0 Å². The number of nitrogens with one attached hydrogen (secondary N) is 2. The number of para-hydroxylation sites is 1. The normalized spacial score (nSPS) is 11.6. The molecule has 0 bridgehead atoms. The quantitative estimate of drug-likeness (QED) is 0.739. The number of hydrogen-bond acceptors (Lipinski definition) is 5. The molecular weight excluding hydrogens is 320 g/mol. The second-order valence-corrected chi connectivity index (χ2v) is 5.21. The maximum Gasteiger partial charge on any atom is 0.272 e. The van der Waals surface area contributed by atoms with E-state index >= 15 is 0 Å². The number of carbonyl (C=O) groups excluding carboxylic acids is 1. The Hall–Kier alpha value is -3.48. The fourth-order valence-electron chi connectivity index (χ4n) is 2.44. The smallest absolute Gasteiger partial charge is 0.272 e. The molecule has 1 unspecified atom stereocenters. The van der Waals surface area contributed by atoms with Crippen molar-refractivity contribution < 1.29 is 9.53 Å². The van der Waals surface area contributed by atoms with Gasteiger partial charge in [-0.3, -0.25) is 14.6 Å². The first-order valence-corrected chi connectivity index (χ1v) is 7.59. The number of nitrogens with zero attached hydrogens (tertiary/aromatic N) is 2. The molecular formula is C18H16N4O3. The Morgan fingerprint density at radius 1 is 1.12 bits per heavy atom. The molecule has 0 aliphatic carbocycles. The summed E-state index contributed by atoms with van der Waals surface area (Å²) in [5.41, 5.74) is 1.16. The zero-order valence-corrected chi connectivity index (χ0v) is 13.5. The van der Waals surface area contributed by atoms with Gasteiger partial charge in [-0.1, -0.05) is 24.3 Å². The number of aromatic amines is 1. The fraction of sp³-hybridized carbons (Fsp3) is 0.111. The number of H-pyrrole nitrogens is 1. The molecule has 0 saturated heterocycles. The van der Waals surface area contributed by atoms with Gasteiger partial charge in [0.2, 0.25) is 0 Å². The lowest BCUT2D eigenvalue weighted by atomic mass is 10.0. The van der Waals surface area contributed by atoms with Crippen LogP contribution in [0.15, 0.2) is 65.6 Å². The third kappa shape index (κ3) is 3.72. The predicted octanol–water partition coefficient (Wildman–Crippen LogP) is 1.69. The maximum absolute atomic E-state index is 12.5. The highest BCUT2D eigenvalue weighted by Crippen LogP contribution is 2.29. The molecule has 0 radical (unpaired) electrons. The monoisotopic (exact) mass is 336 g/mol. The highest BCUT2D eigenvalue weighted by Gasteiger charge is 2.22. The van der Waals surface area contributed by atoms with Crippen LogP contribution in [0.5, 0.6) is 5.75 Å². The third-order valence-electron chi connectivity index (χ3n) is 3.62. The Kier molecular flexibility index (Phi) is 4.84. The van der Waals surface area contributed by atoms with Gasteiger partial charge in [0.25, 0.3) is 11.5 Å². The van der Waals surface area contributed by atoms with E-state index in [4.69, 9.17) is 4.74 Å². The van der Waals surface area contributed by atoms with Crippen molar-refractivity contribution in [3.8, 4) is 5.75 Å². The lowest BCUT2D eigenvalue weighted by molar-refractivity contribution is 0.0935. The van der Waals surface area contributed by atoms with Crippen LogP contribution >= 0.6 is 0 Å². The SMILES string of the molecule is COc1ccccc1C(NC(=O)c1ccc(=O)[nH]n1)c1ccccn1. The molecule has 2 N–H and O–H groups in total. The van der Waals surface area contributed by atoms with E-state index in [9.17, 15) is 9.59 Å². The number of ether oxygens (including phenoxy) is 1. The van der Waals surface area contributed by atoms with Crippen LogP contribution in [0.25, 0.3) is 0 Å². The Balaban J connectivity index is 1.98. The molecule has 3 rings (SSSR count). The number of methoxy groups -OCH3 is 1. The van der Waals surface area contributed by atoms with Crippen molar-refractivity contribution in [2.75, 3.05) is 7.11 Å². The van der Waals surface area contributed by atoms with Crippen molar-refractivity contribution in [1.82, 2.24) is 20.5 Å². The highest BCUT2D eigenvalue weighted by molar-refractivity contribution is 5.92. The minimum Gasteiger partial charge on any atom is -0.496 e. The van der Waals surface area contributed by atoms with Crippen molar-refractivity contribution in [1.29, 1.82) is 0 Å². The molecule has 0 saturated carbocycles. The van der Waals surface area contributed by atoms with E-state index in [0.717, 1.165) is 5.56 Å². The molecule has 2 heterocycles. The number of rotatable bonds is 5. The fourth-order valence-corrected chi connectivity index (χ4v) is 2.44. The van der Waals surface area contributed by atoms with E-state index < -0.39 is 11.9 Å². The maximum atomic E-state index is 12.5. The van der Waals surface area contributed by atoms with E-state index in [2.05, 4.69) is 20.5 Å². The van der Waals surface area contributed by atoms with E-state index in [0.29, 0.717) is 11.4 Å². The second kappa shape index (κ2) is 7.39. The predicted molar refractivity (Wildman–Crippen MR) is 91.4 cm³/mol. The van der Waals surface area contributed by atoms with E-state index in [1.807, 2.05) is 36.4 Å². The minimum absolute atomic E-state index is 0.107. The van der Waals surface area contributed by atoms with Crippen molar-refractivity contribution in [3.63, 3.8) is 0 Å². The summed E-state index contributed by atoms with van der Waals surface area (Å²) >= 11 is 0. The van der Waals surface area contributed by atoms with Crippen molar-refractivity contribution in [3.05, 3.63) is 88.1 Å². The molecule has 0 aliphatic heterocycles. The largest absolute Gasteiger partial charge is 0.496 e. The van der Waals surface area contributed by atoms with Gasteiger partial charge in [-0.25, -0.2) is 5.10 Å². The molecule has 0 aliphatic rings. The van der Waals surface area contributed by atoms with Gasteiger partial charge in [0.05, 0.1) is 12.8 Å². The van der Waals surface area contributed by atoms with Crippen LogP contribution in [0, 0.1) is 0 Å². The average molecular weight is 336 g/mol. The standard InChI is InChI=1S/C18H16N4O3/c1-25-15-8-3-2-6-12(15)17(13-7-4-5-11-19-13)20-18(24)14-9-10-16(23)22-21-14/h2-11,17H,1H3,(H,20,24)(H,22,23). The van der Waals surface area contributed by atoms with Gasteiger partial charge in [0.15, 0.2) is 0 Å². The summed E-state index contributed by atoms with van der Waals surface area (Å²) in [6, 6.07) is 14.9. The molecule has 1 amide bonds. The van der Waals surface area contributed by atoms with E-state index in [-0.39, 0.29) is 11.3 Å². The molecule has 1 aromatic carbocycles. The molecule has 2 aromatic heterocycles. The van der Waals surface area contributed by atoms with Gasteiger partial charge in [0.1, 0.15) is 17.5 Å². The summed E-state index contributed by atoms with van der Waals surface area (Å²) in [6.45, 7) is 0. The first kappa shape index (κ1) is 16.4. The topological polar surface area (TPSA) is 97.0 Å². The minimum atomic E-state index is -0.529. The van der Waals surface area contributed by atoms with Gasteiger partial charge in [-0.15, -0.1) is 0 Å². The van der Waals surface area contributed by atoms with Gasteiger partial charge in [0, 0.05) is 17.8 Å². The summed E-state index contributed by atoms with van der Waals surface area (Å²) < 4.78 is 5.41. The molecule has 7 heteroatoms. The van der Waals surface area contributed by atoms with E-state index in [1.54, 1.807) is 19.4 Å². The third-order valence-corrected chi connectivity index (χ3v) is 3.62. The van der Waals surface area contributed by atoms with Crippen LogP contribution in [0.3, 0.4) is 0 Å². The number of carbonyl (C=O) groups is 1. The van der Waals surface area contributed by atoms with Crippen LogP contribution < -0.4 is 15.6 Å². The zero-order valence-electron chi connectivity index (χ0n) is 13.5. The summed E-state index contributed by atoms with van der Waals surface area (Å²) in [5, 5.41) is 8.90. The summed E-state index contributed by atoms with van der Waals surface area (Å²) in [4.78, 5) is 28.0. The van der Waals surface area contributed by atoms with Crippen molar-refractivity contribution >= 4 is 5.91 Å². The summed E-state index contributed by atoms with van der Waals surface area (Å²) in [6.07, 6.45) is 1.65. The molecule has 0 fully saturated rings. The highest BCUT2D eigenvalue weighted by atomic mass is 16.5. The zero-order chi connectivity index (χ0) is 17.6. The lowest BCUT2D eigenvalue weighted by Gasteiger charge is -2.20. The molecule has 25 heavy (non-hydrogen) atoms. The number of benzene rings is 1. The van der Waals surface area contributed by atoms with Crippen LogP contribution in [-0.2, 0) is 0 Å². The first-order valence-electron chi connectivity index (χ1n) is 7.59. The van der Waals surface area contributed by atoms with Gasteiger partial charge in [-0.2, -0.15) is 5.10 Å². The van der Waals surface area contributed by atoms with E-state index in [1.165, 1.54) is 12.1 Å². The van der Waals surface area contributed by atoms with Crippen LogP contribution in [0.1, 0.15) is 27.8 Å². The Labute approximate surface area is 143 Å². The van der Waals surface area contributed by atoms with Crippen LogP contribution in [0.4, 0.5) is 0 Å². The first-order chi connectivity index (χ1) is 12.2. The van der Waals surface area contributed by atoms with Crippen molar-refractivity contribution in [2.45, 2.75) is 6.04 Å². The van der Waals surface area contributed by atoms with Crippen LogP contribution in [-0.4, -0.2) is 28.2 Å². The number of aromatic nitrogens is 3. The number of pyridine rings is 1. The average Bonchev–Trinajstić information content (AvgIpc) is 2.67. The molecule has 1 atom stereocenters. The van der Waals surface area contributed by atoms with Gasteiger partial charge < -0.3 is 10.1 Å². The number of hydrogen-bond donors (Lipinski definition) is 2. The Morgan fingerprint density at radius 3 is 2.60 bits per heavy atom. The second-order valence-electron chi connectivity index (χ2n) is 5.21.